The molecule has 108 valence electrons. The van der Waals surface area contributed by atoms with Gasteiger partial charge in [-0.2, -0.15) is 0 Å². The number of carbonyl (C=O) groups is 2. The fourth-order valence-electron chi connectivity index (χ4n) is 1.83. The summed E-state index contributed by atoms with van der Waals surface area (Å²) in [6, 6.07) is 8.86. The second kappa shape index (κ2) is 8.91. The summed E-state index contributed by atoms with van der Waals surface area (Å²) in [6.45, 7) is 5.47. The highest BCUT2D eigenvalue weighted by Crippen LogP contribution is 2.08. The highest BCUT2D eigenvalue weighted by atomic mass is 16.5. The van der Waals surface area contributed by atoms with Crippen LogP contribution >= 0.6 is 0 Å². The van der Waals surface area contributed by atoms with Gasteiger partial charge >= 0.3 is 5.97 Å². The second-order valence-electron chi connectivity index (χ2n) is 4.64. The molecule has 0 radical (unpaired) electrons. The number of hydrogen-bond acceptors (Lipinski definition) is 3. The van der Waals surface area contributed by atoms with Crippen LogP contribution in [-0.4, -0.2) is 24.5 Å². The van der Waals surface area contributed by atoms with E-state index in [0.29, 0.717) is 12.8 Å². The van der Waals surface area contributed by atoms with Crippen LogP contribution in [0.25, 0.3) is 0 Å². The Morgan fingerprint density at radius 3 is 2.70 bits per heavy atom. The van der Waals surface area contributed by atoms with Crippen molar-refractivity contribution in [1.82, 2.24) is 5.32 Å². The number of esters is 1. The van der Waals surface area contributed by atoms with E-state index in [4.69, 9.17) is 4.74 Å². The van der Waals surface area contributed by atoms with Crippen LogP contribution in [0.5, 0.6) is 0 Å². The van der Waals surface area contributed by atoms with Gasteiger partial charge in [-0.3, -0.25) is 4.79 Å². The number of benzene rings is 1. The zero-order valence-corrected chi connectivity index (χ0v) is 11.7. The highest BCUT2D eigenvalue weighted by Gasteiger charge is 2.21. The normalized spacial score (nSPS) is 13.1. The molecule has 0 saturated heterocycles. The maximum absolute atomic E-state index is 12.0. The van der Waals surface area contributed by atoms with Gasteiger partial charge in [0.25, 0.3) is 0 Å². The largest absolute Gasteiger partial charge is 0.461 e. The molecule has 0 unspecified atom stereocenters. The molecule has 0 spiro atoms. The molecule has 1 aromatic carbocycles. The van der Waals surface area contributed by atoms with Crippen LogP contribution < -0.4 is 5.32 Å². The highest BCUT2D eigenvalue weighted by molar-refractivity contribution is 5.78. The van der Waals surface area contributed by atoms with Gasteiger partial charge in [0.15, 0.2) is 0 Å². The topological polar surface area (TPSA) is 55.4 Å². The van der Waals surface area contributed by atoms with Gasteiger partial charge in [0.2, 0.25) is 6.41 Å². The predicted molar refractivity (Wildman–Crippen MR) is 78.1 cm³/mol. The summed E-state index contributed by atoms with van der Waals surface area (Å²) in [4.78, 5) is 22.7. The molecule has 0 aliphatic rings. The molecule has 0 fully saturated rings. The van der Waals surface area contributed by atoms with Gasteiger partial charge in [0.1, 0.15) is 6.04 Å². The van der Waals surface area contributed by atoms with Gasteiger partial charge in [0, 0.05) is 6.42 Å². The molecule has 0 aliphatic heterocycles. The van der Waals surface area contributed by atoms with E-state index < -0.39 is 12.0 Å². The minimum absolute atomic E-state index is 0.188. The standard InChI is InChI=1S/C16H21NO3/c1-3-4-8-13(2)20-16(19)15(17-12-18)11-14-9-6-5-7-10-14/h3,5-7,9-10,12-13,15H,1,4,8,11H2,2H3,(H,17,18)/t13-,15+/m1/s1. The number of ether oxygens (including phenoxy) is 1. The zero-order chi connectivity index (χ0) is 14.8. The Kier molecular flexibility index (Phi) is 7.11. The van der Waals surface area contributed by atoms with Gasteiger partial charge in [-0.15, -0.1) is 6.58 Å². The zero-order valence-electron chi connectivity index (χ0n) is 11.7. The van der Waals surface area contributed by atoms with Gasteiger partial charge in [-0.25, -0.2) is 4.79 Å². The molecule has 1 N–H and O–H groups in total. The van der Waals surface area contributed by atoms with E-state index in [0.717, 1.165) is 18.4 Å². The molecule has 1 aromatic rings. The van der Waals surface area contributed by atoms with Crippen molar-refractivity contribution in [2.45, 2.75) is 38.3 Å². The first kappa shape index (κ1) is 16.0. The fourth-order valence-corrected chi connectivity index (χ4v) is 1.83. The quantitative estimate of drug-likeness (QED) is 0.427. The van der Waals surface area contributed by atoms with E-state index in [9.17, 15) is 9.59 Å². The number of carbonyl (C=O) groups excluding carboxylic acids is 2. The van der Waals surface area contributed by atoms with Crippen LogP contribution in [0.1, 0.15) is 25.3 Å². The smallest absolute Gasteiger partial charge is 0.329 e. The Morgan fingerprint density at radius 1 is 1.40 bits per heavy atom. The lowest BCUT2D eigenvalue weighted by atomic mass is 10.1. The molecule has 1 amide bonds. The lowest BCUT2D eigenvalue weighted by molar-refractivity contribution is -0.151. The predicted octanol–water partition coefficient (Wildman–Crippen LogP) is 2.24. The summed E-state index contributed by atoms with van der Waals surface area (Å²) in [6.07, 6.45) is 4.07. The van der Waals surface area contributed by atoms with Gasteiger partial charge in [-0.1, -0.05) is 36.4 Å². The number of nitrogens with one attached hydrogen (secondary N) is 1. The molecule has 0 aromatic heterocycles. The van der Waals surface area contributed by atoms with E-state index in [-0.39, 0.29) is 6.10 Å². The summed E-state index contributed by atoms with van der Waals surface area (Å²) in [5, 5.41) is 2.52. The molecule has 2 atom stereocenters. The molecule has 0 bridgehead atoms. The van der Waals surface area contributed by atoms with E-state index >= 15 is 0 Å². The maximum atomic E-state index is 12.0. The number of rotatable bonds is 9. The summed E-state index contributed by atoms with van der Waals surface area (Å²) in [5.41, 5.74) is 0.975. The average Bonchev–Trinajstić information content (AvgIpc) is 2.45. The lowest BCUT2D eigenvalue weighted by Gasteiger charge is -2.18. The number of allylic oxidation sites excluding steroid dienone is 1. The van der Waals surface area contributed by atoms with E-state index in [1.165, 1.54) is 0 Å². The number of amides is 1. The third-order valence-electron chi connectivity index (χ3n) is 2.93. The molecular formula is C16H21NO3. The number of hydrogen-bond donors (Lipinski definition) is 1. The minimum Gasteiger partial charge on any atom is -0.461 e. The van der Waals surface area contributed by atoms with Gasteiger partial charge in [-0.05, 0) is 25.3 Å². The molecular weight excluding hydrogens is 254 g/mol. The first-order valence-electron chi connectivity index (χ1n) is 6.72. The summed E-state index contributed by atoms with van der Waals surface area (Å²) >= 11 is 0. The van der Waals surface area contributed by atoms with Crippen molar-refractivity contribution >= 4 is 12.4 Å². The third kappa shape index (κ3) is 5.69. The summed E-state index contributed by atoms with van der Waals surface area (Å²) in [5.74, 6) is -0.405. The van der Waals surface area contributed by atoms with Crippen LogP contribution in [0.2, 0.25) is 0 Å². The van der Waals surface area contributed by atoms with Gasteiger partial charge < -0.3 is 10.1 Å². The van der Waals surface area contributed by atoms with Crippen molar-refractivity contribution in [3.63, 3.8) is 0 Å². The molecule has 1 rings (SSSR count). The first-order chi connectivity index (χ1) is 9.67. The minimum atomic E-state index is -0.652. The van der Waals surface area contributed by atoms with Crippen LogP contribution in [0.15, 0.2) is 43.0 Å². The summed E-state index contributed by atoms with van der Waals surface area (Å²) < 4.78 is 5.33. The fraction of sp³-hybridized carbons (Fsp3) is 0.375. The van der Waals surface area contributed by atoms with Crippen molar-refractivity contribution in [3.8, 4) is 0 Å². The first-order valence-corrected chi connectivity index (χ1v) is 6.72. The molecule has 20 heavy (non-hydrogen) atoms. The van der Waals surface area contributed by atoms with Gasteiger partial charge in [0.05, 0.1) is 6.10 Å². The van der Waals surface area contributed by atoms with Crippen molar-refractivity contribution in [2.24, 2.45) is 0 Å². The molecule has 4 heteroatoms. The Labute approximate surface area is 119 Å². The van der Waals surface area contributed by atoms with E-state index in [2.05, 4.69) is 11.9 Å². The van der Waals surface area contributed by atoms with Crippen molar-refractivity contribution in [2.75, 3.05) is 0 Å². The van der Waals surface area contributed by atoms with Crippen molar-refractivity contribution in [3.05, 3.63) is 48.6 Å². The van der Waals surface area contributed by atoms with Crippen LogP contribution in [0.3, 0.4) is 0 Å². The maximum Gasteiger partial charge on any atom is 0.329 e. The monoisotopic (exact) mass is 275 g/mol. The Morgan fingerprint density at radius 2 is 2.10 bits per heavy atom. The van der Waals surface area contributed by atoms with Crippen LogP contribution in [0.4, 0.5) is 0 Å². The van der Waals surface area contributed by atoms with Crippen molar-refractivity contribution in [1.29, 1.82) is 0 Å². The Balaban J connectivity index is 2.58. The van der Waals surface area contributed by atoms with Crippen LogP contribution in [0, 0.1) is 0 Å². The average molecular weight is 275 g/mol. The van der Waals surface area contributed by atoms with E-state index in [1.54, 1.807) is 6.08 Å². The Hall–Kier alpha value is -2.10. The molecule has 0 saturated carbocycles. The Bertz CT molecular complexity index is 431. The third-order valence-corrected chi connectivity index (χ3v) is 2.93. The molecule has 0 heterocycles. The molecule has 4 nitrogen and oxygen atoms in total. The van der Waals surface area contributed by atoms with Crippen LogP contribution in [-0.2, 0) is 20.7 Å². The molecule has 0 aliphatic carbocycles. The SMILES string of the molecule is C=CCC[C@@H](C)OC(=O)[C@H](Cc1ccccc1)NC=O. The van der Waals surface area contributed by atoms with Crippen molar-refractivity contribution < 1.29 is 14.3 Å². The second-order valence-corrected chi connectivity index (χ2v) is 4.64. The summed E-state index contributed by atoms with van der Waals surface area (Å²) in [7, 11) is 0. The van der Waals surface area contributed by atoms with E-state index in [1.807, 2.05) is 37.3 Å². The lowest BCUT2D eigenvalue weighted by Crippen LogP contribution is -2.40.